The maximum atomic E-state index is 12.8. The van der Waals surface area contributed by atoms with Crippen molar-refractivity contribution >= 4 is 17.7 Å². The van der Waals surface area contributed by atoms with Crippen LogP contribution in [0.3, 0.4) is 0 Å². The molecular formula is C20H21N3O3. The number of amides is 2. The normalized spacial score (nSPS) is 17.8. The predicted octanol–water partition coefficient (Wildman–Crippen LogP) is 3.32. The highest BCUT2D eigenvalue weighted by Gasteiger charge is 2.32. The van der Waals surface area contributed by atoms with Crippen LogP contribution in [-0.2, 0) is 9.53 Å². The Morgan fingerprint density at radius 1 is 1.08 bits per heavy atom. The average molecular weight is 351 g/mol. The molecule has 2 amide bonds. The van der Waals surface area contributed by atoms with Crippen molar-refractivity contribution in [3.8, 4) is 0 Å². The van der Waals surface area contributed by atoms with Gasteiger partial charge in [-0.1, -0.05) is 48.5 Å². The van der Waals surface area contributed by atoms with E-state index in [1.165, 1.54) is 0 Å². The number of hydrogen-bond donors (Lipinski definition) is 3. The zero-order valence-corrected chi connectivity index (χ0v) is 14.7. The lowest BCUT2D eigenvalue weighted by Gasteiger charge is -2.29. The van der Waals surface area contributed by atoms with Gasteiger partial charge in [0.1, 0.15) is 0 Å². The number of rotatable bonds is 5. The van der Waals surface area contributed by atoms with Crippen molar-refractivity contribution in [1.82, 2.24) is 10.6 Å². The van der Waals surface area contributed by atoms with Gasteiger partial charge in [0, 0.05) is 11.4 Å². The number of para-hydroxylation sites is 1. The van der Waals surface area contributed by atoms with Crippen LogP contribution in [0.1, 0.15) is 25.5 Å². The summed E-state index contributed by atoms with van der Waals surface area (Å²) in [4.78, 5) is 24.7. The van der Waals surface area contributed by atoms with Crippen LogP contribution in [0, 0.1) is 0 Å². The number of benzene rings is 2. The van der Waals surface area contributed by atoms with Gasteiger partial charge in [-0.15, -0.1) is 0 Å². The Morgan fingerprint density at radius 3 is 2.35 bits per heavy atom. The van der Waals surface area contributed by atoms with E-state index >= 15 is 0 Å². The molecule has 0 aromatic heterocycles. The molecule has 0 radical (unpaired) electrons. The molecule has 0 saturated carbocycles. The average Bonchev–Trinajstić information content (AvgIpc) is 2.62. The van der Waals surface area contributed by atoms with E-state index in [1.54, 1.807) is 13.8 Å². The number of carbonyl (C=O) groups excluding carboxylic acids is 2. The molecule has 6 heteroatoms. The van der Waals surface area contributed by atoms with Crippen molar-refractivity contribution < 1.29 is 14.3 Å². The molecule has 2 aromatic rings. The van der Waals surface area contributed by atoms with E-state index in [1.807, 2.05) is 60.7 Å². The molecule has 1 aliphatic rings. The SMILES string of the molecule is CC1=C(C(=O)OC(C)Nc2ccccc2)C(c2ccccc2)NC(=O)N1. The summed E-state index contributed by atoms with van der Waals surface area (Å²) in [6.45, 7) is 3.45. The van der Waals surface area contributed by atoms with Gasteiger partial charge in [0.2, 0.25) is 0 Å². The molecule has 26 heavy (non-hydrogen) atoms. The van der Waals surface area contributed by atoms with E-state index in [9.17, 15) is 9.59 Å². The first-order chi connectivity index (χ1) is 12.5. The van der Waals surface area contributed by atoms with Gasteiger partial charge >= 0.3 is 12.0 Å². The van der Waals surface area contributed by atoms with Crippen LogP contribution in [0.5, 0.6) is 0 Å². The lowest BCUT2D eigenvalue weighted by atomic mass is 9.96. The maximum Gasteiger partial charge on any atom is 0.340 e. The number of carbonyl (C=O) groups is 2. The molecule has 3 N–H and O–H groups in total. The summed E-state index contributed by atoms with van der Waals surface area (Å²) in [7, 11) is 0. The molecule has 3 rings (SSSR count). The van der Waals surface area contributed by atoms with Crippen LogP contribution in [0.25, 0.3) is 0 Å². The van der Waals surface area contributed by atoms with Crippen molar-refractivity contribution in [3.63, 3.8) is 0 Å². The smallest absolute Gasteiger partial charge is 0.340 e. The van der Waals surface area contributed by atoms with Crippen molar-refractivity contribution in [2.75, 3.05) is 5.32 Å². The fraction of sp³-hybridized carbons (Fsp3) is 0.200. The van der Waals surface area contributed by atoms with Gasteiger partial charge in [-0.25, -0.2) is 9.59 Å². The van der Waals surface area contributed by atoms with E-state index in [2.05, 4.69) is 16.0 Å². The fourth-order valence-electron chi connectivity index (χ4n) is 2.88. The largest absolute Gasteiger partial charge is 0.439 e. The second kappa shape index (κ2) is 7.74. The maximum absolute atomic E-state index is 12.8. The van der Waals surface area contributed by atoms with Gasteiger partial charge < -0.3 is 20.7 Å². The van der Waals surface area contributed by atoms with Gasteiger partial charge in [0.25, 0.3) is 0 Å². The third-order valence-corrected chi connectivity index (χ3v) is 4.05. The topological polar surface area (TPSA) is 79.5 Å². The quantitative estimate of drug-likeness (QED) is 0.570. The van der Waals surface area contributed by atoms with Gasteiger partial charge in [-0.3, -0.25) is 0 Å². The molecule has 2 unspecified atom stereocenters. The molecule has 2 atom stereocenters. The van der Waals surface area contributed by atoms with Crippen molar-refractivity contribution in [2.45, 2.75) is 26.1 Å². The van der Waals surface area contributed by atoms with E-state index in [0.717, 1.165) is 11.3 Å². The molecular weight excluding hydrogens is 330 g/mol. The van der Waals surface area contributed by atoms with Crippen LogP contribution in [0.2, 0.25) is 0 Å². The monoisotopic (exact) mass is 351 g/mol. The molecule has 1 heterocycles. The van der Waals surface area contributed by atoms with Gasteiger partial charge in [-0.2, -0.15) is 0 Å². The molecule has 2 aromatic carbocycles. The molecule has 1 aliphatic heterocycles. The Balaban J connectivity index is 1.78. The zero-order valence-electron chi connectivity index (χ0n) is 14.7. The predicted molar refractivity (Wildman–Crippen MR) is 99.2 cm³/mol. The second-order valence-electron chi connectivity index (χ2n) is 6.04. The fourth-order valence-corrected chi connectivity index (χ4v) is 2.88. The van der Waals surface area contributed by atoms with Crippen LogP contribution >= 0.6 is 0 Å². The van der Waals surface area contributed by atoms with Crippen LogP contribution in [0.4, 0.5) is 10.5 Å². The Bertz CT molecular complexity index is 819. The Labute approximate surface area is 152 Å². The molecule has 6 nitrogen and oxygen atoms in total. The molecule has 0 fully saturated rings. The first-order valence-corrected chi connectivity index (χ1v) is 8.40. The summed E-state index contributed by atoms with van der Waals surface area (Å²) >= 11 is 0. The number of ether oxygens (including phenoxy) is 1. The molecule has 0 spiro atoms. The minimum Gasteiger partial charge on any atom is -0.439 e. The standard InChI is InChI=1S/C20H21N3O3/c1-13-17(18(23-20(25)21-13)15-9-5-3-6-10-15)19(24)26-14(2)22-16-11-7-4-8-12-16/h3-12,14,18,22H,1-2H3,(H2,21,23,25). The number of urea groups is 1. The van der Waals surface area contributed by atoms with Gasteiger partial charge in [0.05, 0.1) is 11.6 Å². The van der Waals surface area contributed by atoms with E-state index < -0.39 is 18.2 Å². The molecule has 134 valence electrons. The Kier molecular flexibility index (Phi) is 5.22. The van der Waals surface area contributed by atoms with Crippen molar-refractivity contribution in [1.29, 1.82) is 0 Å². The highest BCUT2D eigenvalue weighted by atomic mass is 16.6. The van der Waals surface area contributed by atoms with Gasteiger partial charge in [0.15, 0.2) is 6.23 Å². The molecule has 0 aliphatic carbocycles. The van der Waals surface area contributed by atoms with E-state index in [-0.39, 0.29) is 6.03 Å². The number of anilines is 1. The summed E-state index contributed by atoms with van der Waals surface area (Å²) < 4.78 is 5.55. The third-order valence-electron chi connectivity index (χ3n) is 4.05. The van der Waals surface area contributed by atoms with Crippen LogP contribution < -0.4 is 16.0 Å². The number of nitrogens with one attached hydrogen (secondary N) is 3. The number of hydrogen-bond acceptors (Lipinski definition) is 4. The second-order valence-corrected chi connectivity index (χ2v) is 6.04. The summed E-state index contributed by atoms with van der Waals surface area (Å²) in [6.07, 6.45) is -0.528. The lowest BCUT2D eigenvalue weighted by molar-refractivity contribution is -0.142. The van der Waals surface area contributed by atoms with Crippen LogP contribution in [-0.4, -0.2) is 18.2 Å². The van der Waals surface area contributed by atoms with Crippen LogP contribution in [0.15, 0.2) is 71.9 Å². The number of esters is 1. The molecule has 0 bridgehead atoms. The first kappa shape index (κ1) is 17.5. The van der Waals surface area contributed by atoms with E-state index in [0.29, 0.717) is 11.3 Å². The van der Waals surface area contributed by atoms with Crippen molar-refractivity contribution in [2.24, 2.45) is 0 Å². The van der Waals surface area contributed by atoms with Gasteiger partial charge in [-0.05, 0) is 31.5 Å². The Hall–Kier alpha value is -3.28. The summed E-state index contributed by atoms with van der Waals surface area (Å²) in [5.41, 5.74) is 2.54. The Morgan fingerprint density at radius 2 is 1.69 bits per heavy atom. The highest BCUT2D eigenvalue weighted by molar-refractivity contribution is 5.95. The number of allylic oxidation sites excluding steroid dienone is 1. The van der Waals surface area contributed by atoms with Crippen molar-refractivity contribution in [3.05, 3.63) is 77.5 Å². The lowest BCUT2D eigenvalue weighted by Crippen LogP contribution is -2.45. The summed E-state index contributed by atoms with van der Waals surface area (Å²) in [6, 6.07) is 17.9. The minimum atomic E-state index is -0.554. The third kappa shape index (κ3) is 4.03. The minimum absolute atomic E-state index is 0.344. The summed E-state index contributed by atoms with van der Waals surface area (Å²) in [5, 5.41) is 8.55. The van der Waals surface area contributed by atoms with E-state index in [4.69, 9.17) is 4.74 Å². The summed E-state index contributed by atoms with van der Waals surface area (Å²) in [5.74, 6) is -0.486. The molecule has 0 saturated heterocycles. The highest BCUT2D eigenvalue weighted by Crippen LogP contribution is 2.27. The first-order valence-electron chi connectivity index (χ1n) is 8.40. The zero-order chi connectivity index (χ0) is 18.5.